The fourth-order valence-corrected chi connectivity index (χ4v) is 1.54. The highest BCUT2D eigenvalue weighted by atomic mass is 16.1. The molecule has 1 aliphatic rings. The SMILES string of the molecule is CC(C)c1nncc2c1CC(=O)N2. The molecule has 2 heterocycles. The van der Waals surface area contributed by atoms with Gasteiger partial charge in [0.25, 0.3) is 0 Å². The topological polar surface area (TPSA) is 54.9 Å². The van der Waals surface area contributed by atoms with Crippen LogP contribution in [0.4, 0.5) is 5.69 Å². The summed E-state index contributed by atoms with van der Waals surface area (Å²) < 4.78 is 0. The normalized spacial score (nSPS) is 14.5. The van der Waals surface area contributed by atoms with Crippen molar-refractivity contribution in [3.63, 3.8) is 0 Å². The van der Waals surface area contributed by atoms with Crippen molar-refractivity contribution in [2.75, 3.05) is 5.32 Å². The maximum absolute atomic E-state index is 11.1. The molecule has 0 saturated heterocycles. The molecule has 0 fully saturated rings. The van der Waals surface area contributed by atoms with Crippen molar-refractivity contribution in [3.8, 4) is 0 Å². The molecule has 2 rings (SSSR count). The second kappa shape index (κ2) is 2.80. The summed E-state index contributed by atoms with van der Waals surface area (Å²) in [6.07, 6.45) is 2.05. The van der Waals surface area contributed by atoms with Crippen molar-refractivity contribution in [1.29, 1.82) is 0 Å². The van der Waals surface area contributed by atoms with Crippen LogP contribution in [-0.2, 0) is 11.2 Å². The Morgan fingerprint density at radius 3 is 3.00 bits per heavy atom. The van der Waals surface area contributed by atoms with Gasteiger partial charge in [-0.15, -0.1) is 0 Å². The number of anilines is 1. The van der Waals surface area contributed by atoms with Gasteiger partial charge >= 0.3 is 0 Å². The zero-order valence-corrected chi connectivity index (χ0v) is 7.66. The number of nitrogens with zero attached hydrogens (tertiary/aromatic N) is 2. The van der Waals surface area contributed by atoms with E-state index in [0.29, 0.717) is 12.3 Å². The molecule has 68 valence electrons. The lowest BCUT2D eigenvalue weighted by atomic mass is 10.0. The van der Waals surface area contributed by atoms with E-state index in [9.17, 15) is 4.79 Å². The second-order valence-electron chi connectivity index (χ2n) is 3.50. The summed E-state index contributed by atoms with van der Waals surface area (Å²) in [7, 11) is 0. The lowest BCUT2D eigenvalue weighted by Crippen LogP contribution is -2.03. The molecule has 4 heteroatoms. The second-order valence-corrected chi connectivity index (χ2v) is 3.50. The monoisotopic (exact) mass is 177 g/mol. The summed E-state index contributed by atoms with van der Waals surface area (Å²) in [4.78, 5) is 11.1. The number of carbonyl (C=O) groups excluding carboxylic acids is 1. The number of carbonyl (C=O) groups is 1. The van der Waals surface area contributed by atoms with Crippen LogP contribution in [-0.4, -0.2) is 16.1 Å². The molecular weight excluding hydrogens is 166 g/mol. The van der Waals surface area contributed by atoms with E-state index >= 15 is 0 Å². The summed E-state index contributed by atoms with van der Waals surface area (Å²) in [5.41, 5.74) is 2.76. The van der Waals surface area contributed by atoms with Gasteiger partial charge in [0.1, 0.15) is 0 Å². The third-order valence-electron chi connectivity index (χ3n) is 2.14. The fourth-order valence-electron chi connectivity index (χ4n) is 1.54. The number of nitrogens with one attached hydrogen (secondary N) is 1. The largest absolute Gasteiger partial charge is 0.324 e. The van der Waals surface area contributed by atoms with Gasteiger partial charge in [-0.3, -0.25) is 4.79 Å². The van der Waals surface area contributed by atoms with Gasteiger partial charge in [0, 0.05) is 5.56 Å². The smallest absolute Gasteiger partial charge is 0.228 e. The molecule has 1 aromatic rings. The Morgan fingerprint density at radius 1 is 1.54 bits per heavy atom. The van der Waals surface area contributed by atoms with E-state index in [1.165, 1.54) is 0 Å². The highest BCUT2D eigenvalue weighted by Gasteiger charge is 2.23. The minimum atomic E-state index is 0.0340. The molecular formula is C9H11N3O. The third-order valence-corrected chi connectivity index (χ3v) is 2.14. The van der Waals surface area contributed by atoms with Gasteiger partial charge in [-0.2, -0.15) is 10.2 Å². The first kappa shape index (κ1) is 8.16. The maximum Gasteiger partial charge on any atom is 0.228 e. The van der Waals surface area contributed by atoms with E-state index in [0.717, 1.165) is 16.9 Å². The fraction of sp³-hybridized carbons (Fsp3) is 0.444. The maximum atomic E-state index is 11.1. The van der Waals surface area contributed by atoms with Gasteiger partial charge in [-0.05, 0) is 5.92 Å². The Kier molecular flexibility index (Phi) is 1.76. The van der Waals surface area contributed by atoms with Crippen molar-refractivity contribution in [2.24, 2.45) is 0 Å². The first-order valence-electron chi connectivity index (χ1n) is 4.33. The quantitative estimate of drug-likeness (QED) is 0.698. The Morgan fingerprint density at radius 2 is 2.31 bits per heavy atom. The van der Waals surface area contributed by atoms with E-state index in [2.05, 4.69) is 15.5 Å². The Balaban J connectivity index is 2.51. The number of hydrogen-bond acceptors (Lipinski definition) is 3. The summed E-state index contributed by atoms with van der Waals surface area (Å²) >= 11 is 0. The molecule has 0 bridgehead atoms. The molecule has 13 heavy (non-hydrogen) atoms. The molecule has 0 radical (unpaired) electrons. The van der Waals surface area contributed by atoms with Crippen molar-refractivity contribution >= 4 is 11.6 Å². The lowest BCUT2D eigenvalue weighted by Gasteiger charge is -2.06. The molecule has 1 amide bonds. The molecule has 0 unspecified atom stereocenters. The van der Waals surface area contributed by atoms with Crippen LogP contribution in [0, 0.1) is 0 Å². The molecule has 0 atom stereocenters. The number of amides is 1. The van der Waals surface area contributed by atoms with Gasteiger partial charge in [0.15, 0.2) is 0 Å². The van der Waals surface area contributed by atoms with Crippen LogP contribution in [0.25, 0.3) is 0 Å². The summed E-state index contributed by atoms with van der Waals surface area (Å²) in [5.74, 6) is 0.349. The molecule has 1 aliphatic heterocycles. The zero-order chi connectivity index (χ0) is 9.42. The first-order valence-corrected chi connectivity index (χ1v) is 4.33. The number of aromatic nitrogens is 2. The van der Waals surface area contributed by atoms with Crippen molar-refractivity contribution < 1.29 is 4.79 Å². The van der Waals surface area contributed by atoms with Crippen LogP contribution < -0.4 is 5.32 Å². The standard InChI is InChI=1S/C9H11N3O/c1-5(2)9-6-3-8(13)11-7(6)4-10-12-9/h4-5H,3H2,1-2H3,(H,11,13). The van der Waals surface area contributed by atoms with E-state index < -0.39 is 0 Å². The van der Waals surface area contributed by atoms with Crippen LogP contribution in [0.2, 0.25) is 0 Å². The average Bonchev–Trinajstić information content (AvgIpc) is 2.43. The highest BCUT2D eigenvalue weighted by Crippen LogP contribution is 2.27. The summed E-state index contributed by atoms with van der Waals surface area (Å²) in [5, 5.41) is 10.6. The number of hydrogen-bond donors (Lipinski definition) is 1. The van der Waals surface area contributed by atoms with Gasteiger partial charge in [-0.25, -0.2) is 0 Å². The van der Waals surface area contributed by atoms with Gasteiger partial charge < -0.3 is 5.32 Å². The number of fused-ring (bicyclic) bond motifs is 1. The van der Waals surface area contributed by atoms with Gasteiger partial charge in [0.05, 0.1) is 24.0 Å². The van der Waals surface area contributed by atoms with Crippen LogP contribution in [0.15, 0.2) is 6.20 Å². The molecule has 1 N–H and O–H groups in total. The minimum Gasteiger partial charge on any atom is -0.324 e. The molecule has 0 spiro atoms. The third kappa shape index (κ3) is 1.28. The summed E-state index contributed by atoms with van der Waals surface area (Å²) in [6.45, 7) is 4.10. The Bertz CT molecular complexity index is 360. The number of rotatable bonds is 1. The van der Waals surface area contributed by atoms with Crippen LogP contribution in [0.3, 0.4) is 0 Å². The van der Waals surface area contributed by atoms with E-state index in [4.69, 9.17) is 0 Å². The van der Waals surface area contributed by atoms with Crippen LogP contribution in [0.5, 0.6) is 0 Å². The van der Waals surface area contributed by atoms with E-state index in [1.54, 1.807) is 6.20 Å². The molecule has 0 saturated carbocycles. The molecule has 4 nitrogen and oxygen atoms in total. The van der Waals surface area contributed by atoms with Crippen molar-refractivity contribution in [1.82, 2.24) is 10.2 Å². The van der Waals surface area contributed by atoms with Crippen LogP contribution in [0.1, 0.15) is 31.0 Å². The Hall–Kier alpha value is -1.45. The predicted molar refractivity (Wildman–Crippen MR) is 48.5 cm³/mol. The van der Waals surface area contributed by atoms with Crippen molar-refractivity contribution in [3.05, 3.63) is 17.5 Å². The van der Waals surface area contributed by atoms with Crippen molar-refractivity contribution in [2.45, 2.75) is 26.2 Å². The van der Waals surface area contributed by atoms with Gasteiger partial charge in [-0.1, -0.05) is 13.8 Å². The van der Waals surface area contributed by atoms with Gasteiger partial charge in [0.2, 0.25) is 5.91 Å². The van der Waals surface area contributed by atoms with Crippen LogP contribution >= 0.6 is 0 Å². The summed E-state index contributed by atoms with van der Waals surface area (Å²) in [6, 6.07) is 0. The molecule has 1 aromatic heterocycles. The van der Waals surface area contributed by atoms with E-state index in [-0.39, 0.29) is 5.91 Å². The lowest BCUT2D eigenvalue weighted by molar-refractivity contribution is -0.115. The zero-order valence-electron chi connectivity index (χ0n) is 7.66. The molecule has 0 aromatic carbocycles. The Labute approximate surface area is 76.4 Å². The highest BCUT2D eigenvalue weighted by molar-refractivity contribution is 5.99. The average molecular weight is 177 g/mol. The molecule has 0 aliphatic carbocycles. The minimum absolute atomic E-state index is 0.0340. The van der Waals surface area contributed by atoms with E-state index in [1.807, 2.05) is 13.8 Å². The predicted octanol–water partition coefficient (Wildman–Crippen LogP) is 1.09. The first-order chi connectivity index (χ1) is 6.18.